The van der Waals surface area contributed by atoms with Crippen LogP contribution >= 0.6 is 0 Å². The summed E-state index contributed by atoms with van der Waals surface area (Å²) in [5.41, 5.74) is 0.356. The van der Waals surface area contributed by atoms with Crippen molar-refractivity contribution >= 4 is 5.97 Å². The number of phenolic OH excluding ortho intramolecular Hbond substituents is 2. The number of benzene rings is 2. The van der Waals surface area contributed by atoms with E-state index >= 15 is 0 Å². The average molecular weight is 280 g/mol. The van der Waals surface area contributed by atoms with Crippen molar-refractivity contribution in [1.29, 1.82) is 10.5 Å². The first kappa shape index (κ1) is 13.9. The van der Waals surface area contributed by atoms with Crippen molar-refractivity contribution in [2.24, 2.45) is 0 Å². The highest BCUT2D eigenvalue weighted by atomic mass is 16.4. The number of hydrogen-bond donors (Lipinski definition) is 3. The predicted octanol–water partition coefficient (Wildman–Crippen LogP) is 2.21. The third-order valence-electron chi connectivity index (χ3n) is 2.93. The van der Waals surface area contributed by atoms with Gasteiger partial charge in [-0.2, -0.15) is 10.5 Å². The third kappa shape index (κ3) is 2.34. The van der Waals surface area contributed by atoms with E-state index in [0.717, 1.165) is 6.07 Å². The van der Waals surface area contributed by atoms with Crippen LogP contribution in [-0.4, -0.2) is 21.3 Å². The lowest BCUT2D eigenvalue weighted by Gasteiger charge is -2.10. The lowest BCUT2D eigenvalue weighted by atomic mass is 9.93. The molecule has 2 aromatic carbocycles. The Kier molecular flexibility index (Phi) is 3.47. The van der Waals surface area contributed by atoms with Crippen molar-refractivity contribution in [2.45, 2.75) is 0 Å². The summed E-state index contributed by atoms with van der Waals surface area (Å²) in [5.74, 6) is -2.28. The summed E-state index contributed by atoms with van der Waals surface area (Å²) in [6, 6.07) is 10.1. The fourth-order valence-electron chi connectivity index (χ4n) is 1.93. The molecule has 0 aromatic heterocycles. The molecule has 0 radical (unpaired) electrons. The highest BCUT2D eigenvalue weighted by Crippen LogP contribution is 2.38. The molecule has 0 aliphatic carbocycles. The van der Waals surface area contributed by atoms with Gasteiger partial charge in [0.05, 0.1) is 17.2 Å². The Balaban J connectivity index is 2.74. The van der Waals surface area contributed by atoms with Crippen molar-refractivity contribution in [1.82, 2.24) is 0 Å². The standard InChI is InChI=1S/C15H8N2O4/c16-6-10-5-12(18)14(19)11(7-17)13(10)8-1-3-9(4-2-8)15(20)21/h1-5,18-19H,(H,20,21). The molecule has 0 heterocycles. The van der Waals surface area contributed by atoms with E-state index in [4.69, 9.17) is 15.6 Å². The highest BCUT2D eigenvalue weighted by molar-refractivity contribution is 5.89. The van der Waals surface area contributed by atoms with Crippen molar-refractivity contribution in [3.05, 3.63) is 47.0 Å². The number of nitriles is 2. The first-order valence-electron chi connectivity index (χ1n) is 5.72. The van der Waals surface area contributed by atoms with Crippen molar-refractivity contribution in [3.63, 3.8) is 0 Å². The van der Waals surface area contributed by atoms with Crippen LogP contribution in [0.2, 0.25) is 0 Å². The molecule has 3 N–H and O–H groups in total. The molecule has 0 aliphatic rings. The molecule has 0 atom stereocenters. The van der Waals surface area contributed by atoms with Gasteiger partial charge in [-0.15, -0.1) is 0 Å². The zero-order valence-corrected chi connectivity index (χ0v) is 10.5. The molecular weight excluding hydrogens is 272 g/mol. The van der Waals surface area contributed by atoms with Crippen LogP contribution in [0, 0.1) is 22.7 Å². The fraction of sp³-hybridized carbons (Fsp3) is 0. The molecule has 0 unspecified atom stereocenters. The van der Waals surface area contributed by atoms with Gasteiger partial charge in [-0.3, -0.25) is 0 Å². The first-order valence-corrected chi connectivity index (χ1v) is 5.72. The summed E-state index contributed by atoms with van der Waals surface area (Å²) in [4.78, 5) is 10.8. The van der Waals surface area contributed by atoms with Crippen molar-refractivity contribution < 1.29 is 20.1 Å². The second-order valence-electron chi connectivity index (χ2n) is 4.15. The van der Waals surface area contributed by atoms with E-state index in [1.807, 2.05) is 6.07 Å². The van der Waals surface area contributed by atoms with Gasteiger partial charge in [0.2, 0.25) is 0 Å². The van der Waals surface area contributed by atoms with E-state index in [-0.39, 0.29) is 22.3 Å². The number of carboxylic acids is 1. The molecule has 0 fully saturated rings. The summed E-state index contributed by atoms with van der Waals surface area (Å²) in [5, 5.41) is 46.3. The summed E-state index contributed by atoms with van der Waals surface area (Å²) in [6.07, 6.45) is 0. The number of rotatable bonds is 2. The van der Waals surface area contributed by atoms with E-state index < -0.39 is 17.5 Å². The second kappa shape index (κ2) is 5.24. The monoisotopic (exact) mass is 280 g/mol. The van der Waals surface area contributed by atoms with Gasteiger partial charge in [-0.1, -0.05) is 12.1 Å². The van der Waals surface area contributed by atoms with Gasteiger partial charge in [0.1, 0.15) is 11.6 Å². The summed E-state index contributed by atoms with van der Waals surface area (Å²) in [6.45, 7) is 0. The Bertz CT molecular complexity index is 812. The number of hydrogen-bond acceptors (Lipinski definition) is 5. The minimum atomic E-state index is -1.10. The Hall–Kier alpha value is -3.51. The minimum Gasteiger partial charge on any atom is -0.504 e. The predicted molar refractivity (Wildman–Crippen MR) is 71.6 cm³/mol. The van der Waals surface area contributed by atoms with Crippen LogP contribution < -0.4 is 0 Å². The smallest absolute Gasteiger partial charge is 0.335 e. The number of phenols is 2. The molecule has 0 aliphatic heterocycles. The maximum absolute atomic E-state index is 10.8. The van der Waals surface area contributed by atoms with Crippen molar-refractivity contribution in [2.75, 3.05) is 0 Å². The van der Waals surface area contributed by atoms with Crippen LogP contribution in [0.25, 0.3) is 11.1 Å². The third-order valence-corrected chi connectivity index (χ3v) is 2.93. The Morgan fingerprint density at radius 1 is 1.05 bits per heavy atom. The summed E-state index contributed by atoms with van der Waals surface area (Å²) in [7, 11) is 0. The Morgan fingerprint density at radius 2 is 1.67 bits per heavy atom. The van der Waals surface area contributed by atoms with Gasteiger partial charge < -0.3 is 15.3 Å². The van der Waals surface area contributed by atoms with Gasteiger partial charge in [-0.25, -0.2) is 4.79 Å². The topological polar surface area (TPSA) is 125 Å². The van der Waals surface area contributed by atoms with Gasteiger partial charge in [0, 0.05) is 11.6 Å². The van der Waals surface area contributed by atoms with Crippen LogP contribution in [-0.2, 0) is 0 Å². The molecular formula is C15H8N2O4. The van der Waals surface area contributed by atoms with E-state index in [1.165, 1.54) is 24.3 Å². The molecule has 21 heavy (non-hydrogen) atoms. The SMILES string of the molecule is N#Cc1cc(O)c(O)c(C#N)c1-c1ccc(C(=O)O)cc1. The number of aromatic carboxylic acids is 1. The fourth-order valence-corrected chi connectivity index (χ4v) is 1.93. The summed E-state index contributed by atoms with van der Waals surface area (Å²) >= 11 is 0. The molecule has 0 saturated carbocycles. The lowest BCUT2D eigenvalue weighted by Crippen LogP contribution is -1.96. The molecule has 0 amide bonds. The van der Waals surface area contributed by atoms with E-state index in [0.29, 0.717) is 5.56 Å². The Labute approximate surface area is 119 Å². The number of nitrogens with zero attached hydrogens (tertiary/aromatic N) is 2. The highest BCUT2D eigenvalue weighted by Gasteiger charge is 2.19. The van der Waals surface area contributed by atoms with Crippen LogP contribution in [0.1, 0.15) is 21.5 Å². The molecule has 0 spiro atoms. The van der Waals surface area contributed by atoms with Crippen LogP contribution in [0.4, 0.5) is 0 Å². The molecule has 2 aromatic rings. The molecule has 2 rings (SSSR count). The number of aromatic hydroxyl groups is 2. The normalized spacial score (nSPS) is 9.62. The van der Waals surface area contributed by atoms with Gasteiger partial charge in [-0.05, 0) is 17.7 Å². The zero-order chi connectivity index (χ0) is 15.6. The van der Waals surface area contributed by atoms with E-state index in [1.54, 1.807) is 6.07 Å². The lowest BCUT2D eigenvalue weighted by molar-refractivity contribution is 0.0697. The van der Waals surface area contributed by atoms with Gasteiger partial charge in [0.25, 0.3) is 0 Å². The minimum absolute atomic E-state index is 0.00456. The molecule has 6 heteroatoms. The van der Waals surface area contributed by atoms with Crippen LogP contribution in [0.5, 0.6) is 11.5 Å². The largest absolute Gasteiger partial charge is 0.504 e. The number of carboxylic acid groups (broad SMARTS) is 1. The zero-order valence-electron chi connectivity index (χ0n) is 10.5. The maximum atomic E-state index is 10.8. The Morgan fingerprint density at radius 3 is 2.14 bits per heavy atom. The molecule has 0 bridgehead atoms. The van der Waals surface area contributed by atoms with Crippen LogP contribution in [0.3, 0.4) is 0 Å². The van der Waals surface area contributed by atoms with Crippen molar-refractivity contribution in [3.8, 4) is 34.8 Å². The van der Waals surface area contributed by atoms with Gasteiger partial charge in [0.15, 0.2) is 11.5 Å². The molecule has 6 nitrogen and oxygen atoms in total. The quantitative estimate of drug-likeness (QED) is 0.724. The first-order chi connectivity index (χ1) is 9.99. The second-order valence-corrected chi connectivity index (χ2v) is 4.15. The maximum Gasteiger partial charge on any atom is 0.335 e. The summed E-state index contributed by atoms with van der Waals surface area (Å²) < 4.78 is 0. The van der Waals surface area contributed by atoms with Gasteiger partial charge >= 0.3 is 5.97 Å². The number of carbonyl (C=O) groups is 1. The van der Waals surface area contributed by atoms with E-state index in [2.05, 4.69) is 0 Å². The van der Waals surface area contributed by atoms with E-state index in [9.17, 15) is 15.0 Å². The molecule has 0 saturated heterocycles. The molecule has 102 valence electrons. The average Bonchev–Trinajstić information content (AvgIpc) is 2.49. The van der Waals surface area contributed by atoms with Crippen LogP contribution in [0.15, 0.2) is 30.3 Å².